The van der Waals surface area contributed by atoms with Crippen molar-refractivity contribution in [1.82, 2.24) is 0 Å². The SMILES string of the molecule is O=C(CCCCCl)C(c1ccccc1)(c1ccccc1)c1ccccc1. The highest BCUT2D eigenvalue weighted by molar-refractivity contribution is 6.17. The molecule has 0 N–H and O–H groups in total. The highest BCUT2D eigenvalue weighted by atomic mass is 35.5. The molecule has 0 aliphatic heterocycles. The maximum absolute atomic E-state index is 13.7. The summed E-state index contributed by atoms with van der Waals surface area (Å²) in [4.78, 5) is 13.7. The standard InChI is InChI=1S/C24H23ClO/c25-19-11-10-18-23(26)24(20-12-4-1-5-13-20,21-14-6-2-7-15-21)22-16-8-3-9-17-22/h1-9,12-17H,10-11,18-19H2. The summed E-state index contributed by atoms with van der Waals surface area (Å²) in [5, 5.41) is 0. The van der Waals surface area contributed by atoms with Crippen LogP contribution in [-0.4, -0.2) is 11.7 Å². The van der Waals surface area contributed by atoms with Crippen molar-refractivity contribution in [1.29, 1.82) is 0 Å². The number of rotatable bonds is 8. The quantitative estimate of drug-likeness (QED) is 0.273. The fourth-order valence-corrected chi connectivity index (χ4v) is 3.80. The first kappa shape index (κ1) is 18.4. The molecule has 0 aliphatic carbocycles. The van der Waals surface area contributed by atoms with Crippen LogP contribution < -0.4 is 0 Å². The molecule has 0 spiro atoms. The first-order valence-electron chi connectivity index (χ1n) is 9.06. The lowest BCUT2D eigenvalue weighted by Gasteiger charge is -2.34. The third-order valence-corrected chi connectivity index (χ3v) is 5.09. The molecular formula is C24H23ClO. The van der Waals surface area contributed by atoms with Crippen LogP contribution >= 0.6 is 11.6 Å². The summed E-state index contributed by atoms with van der Waals surface area (Å²) in [7, 11) is 0. The van der Waals surface area contributed by atoms with Crippen molar-refractivity contribution in [2.24, 2.45) is 0 Å². The van der Waals surface area contributed by atoms with Crippen LogP contribution in [0.3, 0.4) is 0 Å². The average Bonchev–Trinajstić information content (AvgIpc) is 2.71. The van der Waals surface area contributed by atoms with Crippen LogP contribution in [0.15, 0.2) is 91.0 Å². The van der Waals surface area contributed by atoms with Crippen LogP contribution in [0, 0.1) is 0 Å². The van der Waals surface area contributed by atoms with Gasteiger partial charge in [-0.1, -0.05) is 91.0 Å². The summed E-state index contributed by atoms with van der Waals surface area (Å²) in [6.07, 6.45) is 2.16. The van der Waals surface area contributed by atoms with Crippen molar-refractivity contribution in [3.63, 3.8) is 0 Å². The second-order valence-corrected chi connectivity index (χ2v) is 6.80. The minimum atomic E-state index is -0.796. The molecule has 0 aliphatic rings. The number of unbranched alkanes of at least 4 members (excludes halogenated alkanes) is 1. The zero-order valence-electron chi connectivity index (χ0n) is 14.8. The van der Waals surface area contributed by atoms with Crippen LogP contribution in [-0.2, 0) is 10.2 Å². The van der Waals surface area contributed by atoms with E-state index in [4.69, 9.17) is 11.6 Å². The molecule has 0 atom stereocenters. The van der Waals surface area contributed by atoms with Crippen molar-refractivity contribution in [3.05, 3.63) is 108 Å². The van der Waals surface area contributed by atoms with Gasteiger partial charge in [0.05, 0.1) is 0 Å². The van der Waals surface area contributed by atoms with E-state index in [0.29, 0.717) is 12.3 Å². The third-order valence-electron chi connectivity index (χ3n) is 4.83. The summed E-state index contributed by atoms with van der Waals surface area (Å²) in [5.41, 5.74) is 2.23. The third kappa shape index (κ3) is 3.59. The van der Waals surface area contributed by atoms with Crippen LogP contribution in [0.4, 0.5) is 0 Å². The summed E-state index contributed by atoms with van der Waals surface area (Å²) >= 11 is 5.84. The lowest BCUT2D eigenvalue weighted by Crippen LogP contribution is -2.38. The van der Waals surface area contributed by atoms with Crippen LogP contribution in [0.25, 0.3) is 0 Å². The summed E-state index contributed by atoms with van der Waals surface area (Å²) in [5.74, 6) is 0.800. The maximum atomic E-state index is 13.7. The Morgan fingerprint density at radius 2 is 1.04 bits per heavy atom. The van der Waals surface area contributed by atoms with E-state index in [1.807, 2.05) is 54.6 Å². The van der Waals surface area contributed by atoms with Gasteiger partial charge in [0.15, 0.2) is 5.78 Å². The Morgan fingerprint density at radius 1 is 0.654 bits per heavy atom. The highest BCUT2D eigenvalue weighted by Crippen LogP contribution is 2.41. The number of carbonyl (C=O) groups excluding carboxylic acids is 1. The minimum absolute atomic E-state index is 0.214. The molecule has 0 fully saturated rings. The van der Waals surface area contributed by atoms with E-state index in [1.165, 1.54) is 0 Å². The van der Waals surface area contributed by atoms with E-state index < -0.39 is 5.41 Å². The predicted octanol–water partition coefficient (Wildman–Crippen LogP) is 6.00. The summed E-state index contributed by atoms with van der Waals surface area (Å²) < 4.78 is 0. The molecular weight excluding hydrogens is 340 g/mol. The maximum Gasteiger partial charge on any atom is 0.152 e. The Bertz CT molecular complexity index is 716. The molecule has 3 aromatic rings. The summed E-state index contributed by atoms with van der Waals surface area (Å²) in [6.45, 7) is 0. The normalized spacial score (nSPS) is 11.3. The van der Waals surface area contributed by atoms with Gasteiger partial charge in [-0.25, -0.2) is 0 Å². The van der Waals surface area contributed by atoms with E-state index in [2.05, 4.69) is 36.4 Å². The van der Waals surface area contributed by atoms with Crippen molar-refractivity contribution < 1.29 is 4.79 Å². The smallest absolute Gasteiger partial charge is 0.152 e. The minimum Gasteiger partial charge on any atom is -0.298 e. The van der Waals surface area contributed by atoms with Crippen LogP contribution in [0.1, 0.15) is 36.0 Å². The predicted molar refractivity (Wildman–Crippen MR) is 109 cm³/mol. The topological polar surface area (TPSA) is 17.1 Å². The number of alkyl halides is 1. The zero-order chi connectivity index (χ0) is 18.2. The fraction of sp³-hybridized carbons (Fsp3) is 0.208. The molecule has 0 saturated carbocycles. The molecule has 0 radical (unpaired) electrons. The van der Waals surface area contributed by atoms with E-state index in [9.17, 15) is 4.79 Å². The van der Waals surface area contributed by atoms with E-state index >= 15 is 0 Å². The van der Waals surface area contributed by atoms with Gasteiger partial charge in [0.25, 0.3) is 0 Å². The largest absolute Gasteiger partial charge is 0.298 e. The zero-order valence-corrected chi connectivity index (χ0v) is 15.5. The van der Waals surface area contributed by atoms with Crippen molar-refractivity contribution >= 4 is 17.4 Å². The Balaban J connectivity index is 2.23. The van der Waals surface area contributed by atoms with Gasteiger partial charge in [-0.2, -0.15) is 0 Å². The number of hydrogen-bond donors (Lipinski definition) is 0. The highest BCUT2D eigenvalue weighted by Gasteiger charge is 2.42. The lowest BCUT2D eigenvalue weighted by molar-refractivity contribution is -0.122. The van der Waals surface area contributed by atoms with Gasteiger partial charge in [0.2, 0.25) is 0 Å². The summed E-state index contributed by atoms with van der Waals surface area (Å²) in [6, 6.07) is 30.3. The number of hydrogen-bond acceptors (Lipinski definition) is 1. The van der Waals surface area contributed by atoms with E-state index in [-0.39, 0.29) is 5.78 Å². The number of Topliss-reactive ketones (excluding diaryl/α,β-unsaturated/α-hetero) is 1. The molecule has 3 rings (SSSR count). The van der Waals surface area contributed by atoms with E-state index in [1.54, 1.807) is 0 Å². The van der Waals surface area contributed by atoms with Gasteiger partial charge in [-0.15, -0.1) is 11.6 Å². The van der Waals surface area contributed by atoms with Crippen molar-refractivity contribution in [3.8, 4) is 0 Å². The number of benzene rings is 3. The number of halogens is 1. The van der Waals surface area contributed by atoms with Gasteiger partial charge >= 0.3 is 0 Å². The molecule has 0 saturated heterocycles. The fourth-order valence-electron chi connectivity index (χ4n) is 3.61. The molecule has 1 nitrogen and oxygen atoms in total. The first-order valence-corrected chi connectivity index (χ1v) is 9.59. The molecule has 0 heterocycles. The van der Waals surface area contributed by atoms with Crippen molar-refractivity contribution in [2.75, 3.05) is 5.88 Å². The van der Waals surface area contributed by atoms with Gasteiger partial charge in [0, 0.05) is 12.3 Å². The molecule has 0 unspecified atom stereocenters. The molecule has 3 aromatic carbocycles. The molecule has 26 heavy (non-hydrogen) atoms. The Labute approximate surface area is 160 Å². The van der Waals surface area contributed by atoms with Gasteiger partial charge < -0.3 is 0 Å². The van der Waals surface area contributed by atoms with E-state index in [0.717, 1.165) is 29.5 Å². The molecule has 0 amide bonds. The number of carbonyl (C=O) groups is 1. The first-order chi connectivity index (χ1) is 12.8. The monoisotopic (exact) mass is 362 g/mol. The number of ketones is 1. The molecule has 0 aromatic heterocycles. The lowest BCUT2D eigenvalue weighted by atomic mass is 9.65. The molecule has 132 valence electrons. The second kappa shape index (κ2) is 8.82. The molecule has 2 heteroatoms. The molecule has 0 bridgehead atoms. The van der Waals surface area contributed by atoms with Gasteiger partial charge in [0.1, 0.15) is 5.41 Å². The Hall–Kier alpha value is -2.38. The Morgan fingerprint density at radius 3 is 1.38 bits per heavy atom. The second-order valence-electron chi connectivity index (χ2n) is 6.42. The average molecular weight is 363 g/mol. The van der Waals surface area contributed by atoms with Crippen LogP contribution in [0.2, 0.25) is 0 Å². The Kier molecular flexibility index (Phi) is 6.25. The van der Waals surface area contributed by atoms with Gasteiger partial charge in [-0.3, -0.25) is 4.79 Å². The van der Waals surface area contributed by atoms with Gasteiger partial charge in [-0.05, 0) is 29.5 Å². The van der Waals surface area contributed by atoms with Crippen molar-refractivity contribution in [2.45, 2.75) is 24.7 Å². The van der Waals surface area contributed by atoms with Crippen LogP contribution in [0.5, 0.6) is 0 Å².